The molecule has 0 bridgehead atoms. The van der Waals surface area contributed by atoms with Gasteiger partial charge in [-0.15, -0.1) is 0 Å². The Balaban J connectivity index is 1.69. The van der Waals surface area contributed by atoms with E-state index >= 15 is 0 Å². The number of hydrogen-bond donors (Lipinski definition) is 0. The monoisotopic (exact) mass is 269 g/mol. The molecule has 0 aliphatic carbocycles. The second-order valence-corrected chi connectivity index (χ2v) is 5.88. The fourth-order valence-corrected chi connectivity index (χ4v) is 3.84. The summed E-state index contributed by atoms with van der Waals surface area (Å²) >= 11 is 0. The van der Waals surface area contributed by atoms with E-state index in [0.717, 1.165) is 52.0 Å². The molecule has 0 amide bonds. The van der Waals surface area contributed by atoms with Gasteiger partial charge in [-0.25, -0.2) is 0 Å². The van der Waals surface area contributed by atoms with Crippen molar-refractivity contribution in [2.45, 2.75) is 37.3 Å². The third-order valence-corrected chi connectivity index (χ3v) is 4.83. The van der Waals surface area contributed by atoms with E-state index in [-0.39, 0.29) is 17.5 Å². The first-order valence-corrected chi connectivity index (χ1v) is 7.29. The Kier molecular flexibility index (Phi) is 3.78. The van der Waals surface area contributed by atoms with Gasteiger partial charge in [0.1, 0.15) is 5.60 Å². The quantitative estimate of drug-likeness (QED) is 0.695. The Labute approximate surface area is 114 Å². The first-order chi connectivity index (χ1) is 9.25. The van der Waals surface area contributed by atoms with Gasteiger partial charge in [0.05, 0.1) is 19.6 Å². The van der Waals surface area contributed by atoms with Crippen LogP contribution < -0.4 is 0 Å². The lowest BCUT2D eigenvalue weighted by atomic mass is 9.88. The van der Waals surface area contributed by atoms with E-state index in [2.05, 4.69) is 4.90 Å². The van der Waals surface area contributed by atoms with Gasteiger partial charge in [0.2, 0.25) is 0 Å². The fourth-order valence-electron chi connectivity index (χ4n) is 3.84. The number of hydrogen-bond acceptors (Lipinski definition) is 5. The largest absolute Gasteiger partial charge is 0.469 e. The van der Waals surface area contributed by atoms with Crippen molar-refractivity contribution >= 4 is 5.97 Å². The lowest BCUT2D eigenvalue weighted by Gasteiger charge is -2.41. The number of carbonyl (C=O) groups excluding carboxylic acids is 1. The lowest BCUT2D eigenvalue weighted by Crippen LogP contribution is -2.54. The Morgan fingerprint density at radius 1 is 1.37 bits per heavy atom. The number of rotatable bonds is 2. The molecule has 3 heterocycles. The van der Waals surface area contributed by atoms with E-state index in [1.165, 1.54) is 7.11 Å². The van der Waals surface area contributed by atoms with E-state index in [0.29, 0.717) is 12.6 Å². The molecule has 1 spiro atoms. The zero-order chi connectivity index (χ0) is 13.3. The molecule has 5 nitrogen and oxygen atoms in total. The van der Waals surface area contributed by atoms with Crippen molar-refractivity contribution in [2.75, 3.05) is 40.0 Å². The molecule has 3 saturated heterocycles. The van der Waals surface area contributed by atoms with Crippen LogP contribution in [0.2, 0.25) is 0 Å². The minimum Gasteiger partial charge on any atom is -0.469 e. The van der Waals surface area contributed by atoms with Crippen molar-refractivity contribution < 1.29 is 19.0 Å². The summed E-state index contributed by atoms with van der Waals surface area (Å²) in [6.07, 6.45) is 4.04. The summed E-state index contributed by atoms with van der Waals surface area (Å²) in [6, 6.07) is 0.405. The van der Waals surface area contributed by atoms with E-state index in [1.54, 1.807) is 0 Å². The van der Waals surface area contributed by atoms with Gasteiger partial charge in [-0.2, -0.15) is 0 Å². The van der Waals surface area contributed by atoms with Gasteiger partial charge in [-0.05, 0) is 25.8 Å². The third-order valence-electron chi connectivity index (χ3n) is 4.83. The van der Waals surface area contributed by atoms with Crippen molar-refractivity contribution in [2.24, 2.45) is 5.92 Å². The first kappa shape index (κ1) is 13.3. The second-order valence-electron chi connectivity index (χ2n) is 5.88. The van der Waals surface area contributed by atoms with Crippen LogP contribution in [0.4, 0.5) is 0 Å². The van der Waals surface area contributed by atoms with Crippen molar-refractivity contribution in [3.05, 3.63) is 0 Å². The number of ether oxygens (including phenoxy) is 3. The molecule has 3 aliphatic heterocycles. The van der Waals surface area contributed by atoms with Crippen LogP contribution >= 0.6 is 0 Å². The Hall–Kier alpha value is -0.650. The van der Waals surface area contributed by atoms with E-state index in [9.17, 15) is 4.79 Å². The Morgan fingerprint density at radius 2 is 2.26 bits per heavy atom. The zero-order valence-electron chi connectivity index (χ0n) is 11.6. The molecule has 0 radical (unpaired) electrons. The van der Waals surface area contributed by atoms with Gasteiger partial charge in [0.25, 0.3) is 0 Å². The summed E-state index contributed by atoms with van der Waals surface area (Å²) in [7, 11) is 1.48. The normalized spacial score (nSPS) is 39.8. The highest BCUT2D eigenvalue weighted by Crippen LogP contribution is 2.38. The predicted octanol–water partition coefficient (Wildman–Crippen LogP) is 0.819. The zero-order valence-corrected chi connectivity index (χ0v) is 11.6. The van der Waals surface area contributed by atoms with Gasteiger partial charge in [-0.1, -0.05) is 0 Å². The van der Waals surface area contributed by atoms with Gasteiger partial charge in [0, 0.05) is 32.2 Å². The average molecular weight is 269 g/mol. The van der Waals surface area contributed by atoms with Gasteiger partial charge in [-0.3, -0.25) is 9.69 Å². The SMILES string of the molecule is COC(=O)C1CCCN(C2CCOC23CCOC3)C1. The predicted molar refractivity (Wildman–Crippen MR) is 68.8 cm³/mol. The van der Waals surface area contributed by atoms with Crippen LogP contribution in [0.3, 0.4) is 0 Å². The smallest absolute Gasteiger partial charge is 0.309 e. The molecule has 0 saturated carbocycles. The summed E-state index contributed by atoms with van der Waals surface area (Å²) in [6.45, 7) is 4.18. The Morgan fingerprint density at radius 3 is 3.00 bits per heavy atom. The topological polar surface area (TPSA) is 48.0 Å². The average Bonchev–Trinajstić information content (AvgIpc) is 3.09. The number of methoxy groups -OCH3 is 1. The molecule has 3 atom stereocenters. The van der Waals surface area contributed by atoms with E-state index < -0.39 is 0 Å². The molecular weight excluding hydrogens is 246 g/mol. The van der Waals surface area contributed by atoms with Gasteiger partial charge >= 0.3 is 5.97 Å². The third kappa shape index (κ3) is 2.39. The summed E-state index contributed by atoms with van der Waals surface area (Å²) in [5.41, 5.74) is -0.113. The maximum absolute atomic E-state index is 11.7. The van der Waals surface area contributed by atoms with Gasteiger partial charge in [0.15, 0.2) is 0 Å². The Bertz CT molecular complexity index is 335. The van der Waals surface area contributed by atoms with Crippen LogP contribution in [0.5, 0.6) is 0 Å². The first-order valence-electron chi connectivity index (χ1n) is 7.29. The van der Waals surface area contributed by atoms with Crippen LogP contribution in [-0.4, -0.2) is 62.5 Å². The molecule has 5 heteroatoms. The molecule has 0 aromatic rings. The number of carbonyl (C=O) groups is 1. The molecule has 3 aliphatic rings. The number of likely N-dealkylation sites (tertiary alicyclic amines) is 1. The molecule has 0 aromatic carbocycles. The summed E-state index contributed by atoms with van der Waals surface area (Å²) in [4.78, 5) is 14.2. The summed E-state index contributed by atoms with van der Waals surface area (Å²) in [5, 5.41) is 0. The van der Waals surface area contributed by atoms with Crippen molar-refractivity contribution in [1.29, 1.82) is 0 Å². The maximum atomic E-state index is 11.7. The number of nitrogens with zero attached hydrogens (tertiary/aromatic N) is 1. The molecular formula is C14H23NO4. The molecule has 108 valence electrons. The molecule has 0 aromatic heterocycles. The highest BCUT2D eigenvalue weighted by atomic mass is 16.6. The molecule has 3 rings (SSSR count). The van der Waals surface area contributed by atoms with Gasteiger partial charge < -0.3 is 14.2 Å². The lowest BCUT2D eigenvalue weighted by molar-refractivity contribution is -0.148. The minimum absolute atomic E-state index is 0.0266. The minimum atomic E-state index is -0.113. The van der Waals surface area contributed by atoms with Crippen LogP contribution in [0, 0.1) is 5.92 Å². The number of piperidine rings is 1. The molecule has 3 fully saturated rings. The van der Waals surface area contributed by atoms with E-state index in [4.69, 9.17) is 14.2 Å². The molecule has 19 heavy (non-hydrogen) atoms. The number of esters is 1. The second kappa shape index (κ2) is 5.38. The highest BCUT2D eigenvalue weighted by Gasteiger charge is 2.50. The van der Waals surface area contributed by atoms with Crippen molar-refractivity contribution in [1.82, 2.24) is 4.90 Å². The standard InChI is InChI=1S/C14H23NO4/c1-17-13(16)11-3-2-6-15(9-11)12-4-7-19-14(12)5-8-18-10-14/h11-12H,2-10H2,1H3. The fraction of sp³-hybridized carbons (Fsp3) is 0.929. The summed E-state index contributed by atoms with van der Waals surface area (Å²) < 4.78 is 16.5. The van der Waals surface area contributed by atoms with Crippen LogP contribution in [0.1, 0.15) is 25.7 Å². The maximum Gasteiger partial charge on any atom is 0.309 e. The van der Waals surface area contributed by atoms with Crippen molar-refractivity contribution in [3.63, 3.8) is 0 Å². The van der Waals surface area contributed by atoms with Crippen molar-refractivity contribution in [3.8, 4) is 0 Å². The van der Waals surface area contributed by atoms with E-state index in [1.807, 2.05) is 0 Å². The van der Waals surface area contributed by atoms with Crippen LogP contribution in [0.15, 0.2) is 0 Å². The summed E-state index contributed by atoms with van der Waals surface area (Å²) in [5.74, 6) is -0.0425. The van der Waals surface area contributed by atoms with Crippen LogP contribution in [-0.2, 0) is 19.0 Å². The molecule has 3 unspecified atom stereocenters. The highest BCUT2D eigenvalue weighted by molar-refractivity contribution is 5.72. The molecule has 0 N–H and O–H groups in total. The van der Waals surface area contributed by atoms with Crippen LogP contribution in [0.25, 0.3) is 0 Å².